The van der Waals surface area contributed by atoms with E-state index in [0.717, 1.165) is 58.3 Å². The first kappa shape index (κ1) is 22.2. The molecule has 0 radical (unpaired) electrons. The Morgan fingerprint density at radius 1 is 1.20 bits per heavy atom. The Balaban J connectivity index is 0.00000312. The van der Waals surface area contributed by atoms with Crippen molar-refractivity contribution in [1.29, 1.82) is 0 Å². The minimum absolute atomic E-state index is 0. The Kier molecular flexibility index (Phi) is 11.9. The van der Waals surface area contributed by atoms with Gasteiger partial charge in [-0.25, -0.2) is 0 Å². The molecule has 0 aromatic heterocycles. The molecule has 25 heavy (non-hydrogen) atoms. The van der Waals surface area contributed by atoms with Crippen molar-refractivity contribution in [1.82, 2.24) is 15.5 Å². The zero-order valence-corrected chi connectivity index (χ0v) is 17.9. The number of hydrogen-bond acceptors (Lipinski definition) is 3. The van der Waals surface area contributed by atoms with Gasteiger partial charge in [0.15, 0.2) is 5.96 Å². The molecule has 2 N–H and O–H groups in total. The van der Waals surface area contributed by atoms with Crippen molar-refractivity contribution in [3.8, 4) is 0 Å². The number of aliphatic imine (C=N–C) groups is 1. The minimum Gasteiger partial charge on any atom is -0.379 e. The highest BCUT2D eigenvalue weighted by molar-refractivity contribution is 14.0. The molecule has 1 aromatic rings. The van der Waals surface area contributed by atoms with Gasteiger partial charge in [0.25, 0.3) is 0 Å². The van der Waals surface area contributed by atoms with Crippen LogP contribution in [0.25, 0.3) is 0 Å². The molecule has 1 aromatic carbocycles. The van der Waals surface area contributed by atoms with E-state index in [0.29, 0.717) is 0 Å². The maximum atomic E-state index is 5.38. The van der Waals surface area contributed by atoms with E-state index in [4.69, 9.17) is 9.73 Å². The first-order valence-electron chi connectivity index (χ1n) is 9.19. The lowest BCUT2D eigenvalue weighted by Crippen LogP contribution is -2.39. The lowest BCUT2D eigenvalue weighted by Gasteiger charge is -2.26. The Labute approximate surface area is 169 Å². The smallest absolute Gasteiger partial charge is 0.191 e. The van der Waals surface area contributed by atoms with Crippen LogP contribution in [-0.2, 0) is 4.74 Å². The third-order valence-corrected chi connectivity index (χ3v) is 4.25. The molecule has 5 nitrogen and oxygen atoms in total. The molecule has 1 atom stereocenters. The molecule has 142 valence electrons. The molecule has 0 spiro atoms. The summed E-state index contributed by atoms with van der Waals surface area (Å²) >= 11 is 0. The zero-order chi connectivity index (χ0) is 17.0. The number of morpholine rings is 1. The Morgan fingerprint density at radius 3 is 2.60 bits per heavy atom. The summed E-state index contributed by atoms with van der Waals surface area (Å²) in [6.07, 6.45) is 2.31. The Hall–Kier alpha value is -0.860. The predicted octanol–water partition coefficient (Wildman–Crippen LogP) is 3.03. The van der Waals surface area contributed by atoms with E-state index >= 15 is 0 Å². The minimum atomic E-state index is 0. The maximum absolute atomic E-state index is 5.38. The van der Waals surface area contributed by atoms with E-state index in [2.05, 4.69) is 53.6 Å². The van der Waals surface area contributed by atoms with Crippen molar-refractivity contribution in [2.24, 2.45) is 4.99 Å². The molecule has 1 aliphatic heterocycles. The summed E-state index contributed by atoms with van der Waals surface area (Å²) < 4.78 is 5.38. The number of halogens is 1. The van der Waals surface area contributed by atoms with Gasteiger partial charge >= 0.3 is 0 Å². The molecule has 0 aliphatic carbocycles. The lowest BCUT2D eigenvalue weighted by molar-refractivity contribution is 0.0373. The molecule has 1 unspecified atom stereocenters. The lowest BCUT2D eigenvalue weighted by atomic mass is 10.1. The van der Waals surface area contributed by atoms with Crippen LogP contribution in [0.5, 0.6) is 0 Å². The van der Waals surface area contributed by atoms with Gasteiger partial charge in [-0.2, -0.15) is 0 Å². The summed E-state index contributed by atoms with van der Waals surface area (Å²) in [7, 11) is 0. The third-order valence-electron chi connectivity index (χ3n) is 4.25. The predicted molar refractivity (Wildman–Crippen MR) is 116 cm³/mol. The number of nitrogens with zero attached hydrogens (tertiary/aromatic N) is 2. The first-order valence-corrected chi connectivity index (χ1v) is 9.19. The highest BCUT2D eigenvalue weighted by atomic mass is 127. The second-order valence-electron chi connectivity index (χ2n) is 6.20. The number of hydrogen-bond donors (Lipinski definition) is 2. The number of benzene rings is 1. The average molecular weight is 460 g/mol. The molecule has 1 heterocycles. The first-order chi connectivity index (χ1) is 11.8. The van der Waals surface area contributed by atoms with Crippen molar-refractivity contribution in [2.45, 2.75) is 32.7 Å². The van der Waals surface area contributed by atoms with E-state index in [1.807, 2.05) is 6.07 Å². The van der Waals surface area contributed by atoms with E-state index < -0.39 is 0 Å². The molecule has 1 aliphatic rings. The number of guanidine groups is 1. The monoisotopic (exact) mass is 460 g/mol. The van der Waals surface area contributed by atoms with E-state index in [1.165, 1.54) is 12.0 Å². The van der Waals surface area contributed by atoms with E-state index in [-0.39, 0.29) is 30.0 Å². The van der Waals surface area contributed by atoms with Crippen LogP contribution in [0.2, 0.25) is 0 Å². The molecule has 0 amide bonds. The Morgan fingerprint density at radius 2 is 1.92 bits per heavy atom. The summed E-state index contributed by atoms with van der Waals surface area (Å²) in [6.45, 7) is 11.1. The maximum Gasteiger partial charge on any atom is 0.191 e. The molecule has 1 fully saturated rings. The number of ether oxygens (including phenoxy) is 1. The van der Waals surface area contributed by atoms with Gasteiger partial charge in [0.1, 0.15) is 0 Å². The summed E-state index contributed by atoms with van der Waals surface area (Å²) in [5, 5.41) is 6.82. The summed E-state index contributed by atoms with van der Waals surface area (Å²) in [6, 6.07) is 10.7. The average Bonchev–Trinajstić information content (AvgIpc) is 2.63. The number of rotatable bonds is 8. The summed E-state index contributed by atoms with van der Waals surface area (Å²) in [4.78, 5) is 7.19. The SMILES string of the molecule is CCNC(=NCCCCN1CCOCC1)NC(C)c1ccccc1.I. The molecule has 2 rings (SSSR count). The molecule has 6 heteroatoms. The van der Waals surface area contributed by atoms with Crippen molar-refractivity contribution in [2.75, 3.05) is 45.9 Å². The standard InChI is InChI=1S/C19H32N4O.HI/c1-3-20-19(22-17(2)18-9-5-4-6-10-18)21-11-7-8-12-23-13-15-24-16-14-23;/h4-6,9-10,17H,3,7-8,11-16H2,1-2H3,(H2,20,21,22);1H. The van der Waals surface area contributed by atoms with Crippen LogP contribution in [0.1, 0.15) is 38.3 Å². The van der Waals surface area contributed by atoms with Gasteiger partial charge in [0, 0.05) is 26.2 Å². The van der Waals surface area contributed by atoms with Crippen LogP contribution in [0, 0.1) is 0 Å². The fraction of sp³-hybridized carbons (Fsp3) is 0.632. The van der Waals surface area contributed by atoms with Gasteiger partial charge in [-0.15, -0.1) is 24.0 Å². The van der Waals surface area contributed by atoms with Gasteiger partial charge < -0.3 is 15.4 Å². The normalized spacial score (nSPS) is 16.8. The van der Waals surface area contributed by atoms with Crippen LogP contribution < -0.4 is 10.6 Å². The van der Waals surface area contributed by atoms with Crippen molar-refractivity contribution >= 4 is 29.9 Å². The van der Waals surface area contributed by atoms with Gasteiger partial charge in [0.05, 0.1) is 19.3 Å². The molecular formula is C19H33IN4O. The van der Waals surface area contributed by atoms with Crippen LogP contribution in [-0.4, -0.2) is 56.8 Å². The number of unbranched alkanes of at least 4 members (excludes halogenated alkanes) is 1. The van der Waals surface area contributed by atoms with Crippen molar-refractivity contribution in [3.05, 3.63) is 35.9 Å². The second kappa shape index (κ2) is 13.4. The van der Waals surface area contributed by atoms with Gasteiger partial charge in [-0.3, -0.25) is 9.89 Å². The van der Waals surface area contributed by atoms with Crippen LogP contribution in [0.4, 0.5) is 0 Å². The van der Waals surface area contributed by atoms with Gasteiger partial charge in [-0.05, 0) is 38.8 Å². The highest BCUT2D eigenvalue weighted by Gasteiger charge is 2.09. The molecule has 1 saturated heterocycles. The van der Waals surface area contributed by atoms with Gasteiger partial charge in [0.2, 0.25) is 0 Å². The van der Waals surface area contributed by atoms with Crippen LogP contribution in [0.3, 0.4) is 0 Å². The van der Waals surface area contributed by atoms with Crippen LogP contribution >= 0.6 is 24.0 Å². The topological polar surface area (TPSA) is 48.9 Å². The van der Waals surface area contributed by atoms with E-state index in [9.17, 15) is 0 Å². The summed E-state index contributed by atoms with van der Waals surface area (Å²) in [5.74, 6) is 0.903. The fourth-order valence-electron chi connectivity index (χ4n) is 2.81. The fourth-order valence-corrected chi connectivity index (χ4v) is 2.81. The molecule has 0 saturated carbocycles. The van der Waals surface area contributed by atoms with Crippen molar-refractivity contribution < 1.29 is 4.74 Å². The highest BCUT2D eigenvalue weighted by Crippen LogP contribution is 2.10. The largest absolute Gasteiger partial charge is 0.379 e. The quantitative estimate of drug-likeness (QED) is 0.271. The van der Waals surface area contributed by atoms with Gasteiger partial charge in [-0.1, -0.05) is 30.3 Å². The van der Waals surface area contributed by atoms with Crippen LogP contribution in [0.15, 0.2) is 35.3 Å². The third kappa shape index (κ3) is 8.87. The Bertz CT molecular complexity index is 478. The second-order valence-corrected chi connectivity index (χ2v) is 6.20. The number of nitrogens with one attached hydrogen (secondary N) is 2. The van der Waals surface area contributed by atoms with Crippen molar-refractivity contribution in [3.63, 3.8) is 0 Å². The molecular weight excluding hydrogens is 427 g/mol. The zero-order valence-electron chi connectivity index (χ0n) is 15.5. The summed E-state index contributed by atoms with van der Waals surface area (Å²) in [5.41, 5.74) is 1.27. The van der Waals surface area contributed by atoms with E-state index in [1.54, 1.807) is 0 Å². The molecule has 0 bridgehead atoms.